The Kier molecular flexibility index (Phi) is 4.99. The molecule has 0 aromatic heterocycles. The van der Waals surface area contributed by atoms with Gasteiger partial charge in [0.2, 0.25) is 5.91 Å². The molecule has 7 heteroatoms. The Balaban J connectivity index is 1.54. The normalized spacial score (nSPS) is 20.3. The zero-order valence-electron chi connectivity index (χ0n) is 13.8. The lowest BCUT2D eigenvalue weighted by Gasteiger charge is -2.36. The summed E-state index contributed by atoms with van der Waals surface area (Å²) in [5, 5.41) is 13.3. The van der Waals surface area contributed by atoms with Crippen molar-refractivity contribution in [1.82, 2.24) is 15.1 Å². The Bertz CT molecular complexity index is 633. The first-order valence-electron chi connectivity index (χ1n) is 8.27. The van der Waals surface area contributed by atoms with Crippen LogP contribution in [-0.4, -0.2) is 66.0 Å². The molecule has 1 aromatic rings. The van der Waals surface area contributed by atoms with E-state index in [9.17, 15) is 14.3 Å². The van der Waals surface area contributed by atoms with Crippen LogP contribution in [0.3, 0.4) is 0 Å². The van der Waals surface area contributed by atoms with Gasteiger partial charge >= 0.3 is 0 Å². The van der Waals surface area contributed by atoms with Crippen molar-refractivity contribution in [3.8, 4) is 0 Å². The first kappa shape index (κ1) is 16.7. The Morgan fingerprint density at radius 2 is 2.25 bits per heavy atom. The average Bonchev–Trinajstić information content (AvgIpc) is 3.40. The second-order valence-electron chi connectivity index (χ2n) is 6.24. The highest BCUT2D eigenvalue weighted by Crippen LogP contribution is 2.28. The molecule has 2 fully saturated rings. The van der Waals surface area contributed by atoms with Crippen LogP contribution < -0.4 is 5.32 Å². The quantitative estimate of drug-likeness (QED) is 0.630. The number of aliphatic hydroxyl groups is 1. The van der Waals surface area contributed by atoms with E-state index in [-0.39, 0.29) is 18.3 Å². The average molecular weight is 334 g/mol. The number of benzene rings is 1. The van der Waals surface area contributed by atoms with Crippen molar-refractivity contribution in [3.05, 3.63) is 35.6 Å². The molecule has 1 saturated carbocycles. The van der Waals surface area contributed by atoms with Crippen molar-refractivity contribution >= 4 is 11.9 Å². The van der Waals surface area contributed by atoms with Gasteiger partial charge in [0.25, 0.3) is 0 Å². The molecule has 130 valence electrons. The largest absolute Gasteiger partial charge is 0.387 e. The number of guanidine groups is 1. The molecular formula is C17H23FN4O2. The zero-order valence-corrected chi connectivity index (χ0v) is 13.8. The molecule has 1 unspecified atom stereocenters. The standard InChI is InChI=1S/C17H23FN4O2/c1-19-17(20-10-15(23)12-3-2-4-13(18)9-12)21-7-8-22(14-5-6-14)16(24)11-21/h2-4,9,14-15,23H,5-8,10-11H2,1H3,(H,19,20). The summed E-state index contributed by atoms with van der Waals surface area (Å²) in [6.07, 6.45) is 1.37. The van der Waals surface area contributed by atoms with Gasteiger partial charge in [-0.05, 0) is 30.5 Å². The first-order chi connectivity index (χ1) is 11.6. The van der Waals surface area contributed by atoms with Crippen LogP contribution in [0.4, 0.5) is 4.39 Å². The van der Waals surface area contributed by atoms with E-state index in [1.807, 2.05) is 9.80 Å². The van der Waals surface area contributed by atoms with Gasteiger partial charge in [-0.15, -0.1) is 0 Å². The number of nitrogens with one attached hydrogen (secondary N) is 1. The number of hydrogen-bond donors (Lipinski definition) is 2. The van der Waals surface area contributed by atoms with E-state index in [1.54, 1.807) is 19.2 Å². The number of carbonyl (C=O) groups is 1. The highest BCUT2D eigenvalue weighted by molar-refractivity contribution is 5.88. The predicted molar refractivity (Wildman–Crippen MR) is 89.0 cm³/mol. The molecular weight excluding hydrogens is 311 g/mol. The number of aliphatic imine (C=N–C) groups is 1. The van der Waals surface area contributed by atoms with Crippen LogP contribution in [0.2, 0.25) is 0 Å². The lowest BCUT2D eigenvalue weighted by atomic mass is 10.1. The molecule has 3 rings (SSSR count). The van der Waals surface area contributed by atoms with Crippen LogP contribution in [0.15, 0.2) is 29.3 Å². The van der Waals surface area contributed by atoms with Crippen molar-refractivity contribution in [1.29, 1.82) is 0 Å². The lowest BCUT2D eigenvalue weighted by molar-refractivity contribution is -0.135. The molecule has 2 aliphatic rings. The summed E-state index contributed by atoms with van der Waals surface area (Å²) >= 11 is 0. The van der Waals surface area contributed by atoms with Gasteiger partial charge in [0, 0.05) is 32.7 Å². The van der Waals surface area contributed by atoms with E-state index in [0.717, 1.165) is 19.4 Å². The fourth-order valence-electron chi connectivity index (χ4n) is 2.99. The molecule has 1 heterocycles. The number of amides is 1. The fourth-order valence-corrected chi connectivity index (χ4v) is 2.99. The number of rotatable bonds is 4. The van der Waals surface area contributed by atoms with Crippen LogP contribution in [0.25, 0.3) is 0 Å². The fraction of sp³-hybridized carbons (Fsp3) is 0.529. The van der Waals surface area contributed by atoms with E-state index >= 15 is 0 Å². The van der Waals surface area contributed by atoms with Gasteiger partial charge in [0.05, 0.1) is 12.6 Å². The maximum atomic E-state index is 13.2. The van der Waals surface area contributed by atoms with E-state index in [2.05, 4.69) is 10.3 Å². The molecule has 1 aromatic carbocycles. The number of aliphatic hydroxyl groups excluding tert-OH is 1. The van der Waals surface area contributed by atoms with Crippen molar-refractivity contribution in [3.63, 3.8) is 0 Å². The maximum absolute atomic E-state index is 13.2. The molecule has 0 bridgehead atoms. The molecule has 1 amide bonds. The minimum Gasteiger partial charge on any atom is -0.387 e. The van der Waals surface area contributed by atoms with Gasteiger partial charge < -0.3 is 20.2 Å². The molecule has 6 nitrogen and oxygen atoms in total. The highest BCUT2D eigenvalue weighted by atomic mass is 19.1. The summed E-state index contributed by atoms with van der Waals surface area (Å²) in [5.74, 6) is 0.323. The predicted octanol–water partition coefficient (Wildman–Crippen LogP) is 0.741. The summed E-state index contributed by atoms with van der Waals surface area (Å²) in [6, 6.07) is 6.33. The van der Waals surface area contributed by atoms with Crippen molar-refractivity contribution < 1.29 is 14.3 Å². The van der Waals surface area contributed by atoms with Gasteiger partial charge in [-0.25, -0.2) is 4.39 Å². The number of carbonyl (C=O) groups excluding carboxylic acids is 1. The van der Waals surface area contributed by atoms with Crippen LogP contribution >= 0.6 is 0 Å². The Hall–Kier alpha value is -2.15. The molecule has 1 saturated heterocycles. The minimum absolute atomic E-state index is 0.123. The van der Waals surface area contributed by atoms with Gasteiger partial charge in [0.15, 0.2) is 5.96 Å². The molecule has 0 spiro atoms. The topological polar surface area (TPSA) is 68.2 Å². The molecule has 1 aliphatic heterocycles. The van der Waals surface area contributed by atoms with Crippen molar-refractivity contribution in [2.45, 2.75) is 25.0 Å². The number of hydrogen-bond acceptors (Lipinski definition) is 3. The summed E-state index contributed by atoms with van der Waals surface area (Å²) in [5.41, 5.74) is 0.507. The maximum Gasteiger partial charge on any atom is 0.242 e. The second-order valence-corrected chi connectivity index (χ2v) is 6.24. The SMILES string of the molecule is CN=C(NCC(O)c1cccc(F)c1)N1CCN(C2CC2)C(=O)C1. The van der Waals surface area contributed by atoms with Gasteiger partial charge in [-0.2, -0.15) is 0 Å². The third kappa shape index (κ3) is 3.84. The summed E-state index contributed by atoms with van der Waals surface area (Å²) in [6.45, 7) is 1.92. The number of nitrogens with zero attached hydrogens (tertiary/aromatic N) is 3. The summed E-state index contributed by atoms with van der Waals surface area (Å²) in [4.78, 5) is 20.2. The van der Waals surface area contributed by atoms with Crippen molar-refractivity contribution in [2.75, 3.05) is 33.2 Å². The van der Waals surface area contributed by atoms with Gasteiger partial charge in [0.1, 0.15) is 5.82 Å². The third-order valence-electron chi connectivity index (χ3n) is 4.44. The molecule has 1 aliphatic carbocycles. The molecule has 1 atom stereocenters. The smallest absolute Gasteiger partial charge is 0.242 e. The second kappa shape index (κ2) is 7.17. The zero-order chi connectivity index (χ0) is 17.1. The van der Waals surface area contributed by atoms with Gasteiger partial charge in [-0.1, -0.05) is 12.1 Å². The number of piperazine rings is 1. The van der Waals surface area contributed by atoms with Crippen LogP contribution in [0, 0.1) is 5.82 Å². The van der Waals surface area contributed by atoms with E-state index < -0.39 is 6.10 Å². The van der Waals surface area contributed by atoms with E-state index in [4.69, 9.17) is 0 Å². The van der Waals surface area contributed by atoms with Crippen LogP contribution in [-0.2, 0) is 4.79 Å². The Morgan fingerprint density at radius 3 is 2.88 bits per heavy atom. The lowest BCUT2D eigenvalue weighted by Crippen LogP contribution is -2.56. The van der Waals surface area contributed by atoms with E-state index in [0.29, 0.717) is 30.7 Å². The van der Waals surface area contributed by atoms with Crippen LogP contribution in [0.1, 0.15) is 24.5 Å². The molecule has 0 radical (unpaired) electrons. The minimum atomic E-state index is -0.846. The monoisotopic (exact) mass is 334 g/mol. The molecule has 24 heavy (non-hydrogen) atoms. The van der Waals surface area contributed by atoms with E-state index in [1.165, 1.54) is 12.1 Å². The Morgan fingerprint density at radius 1 is 1.46 bits per heavy atom. The summed E-state index contributed by atoms with van der Waals surface area (Å²) in [7, 11) is 1.65. The third-order valence-corrected chi connectivity index (χ3v) is 4.44. The highest BCUT2D eigenvalue weighted by Gasteiger charge is 2.36. The molecule has 2 N–H and O–H groups in total. The van der Waals surface area contributed by atoms with Crippen LogP contribution in [0.5, 0.6) is 0 Å². The number of halogens is 1. The first-order valence-corrected chi connectivity index (χ1v) is 8.27. The van der Waals surface area contributed by atoms with Gasteiger partial charge in [-0.3, -0.25) is 9.79 Å². The Labute approximate surface area is 141 Å². The summed E-state index contributed by atoms with van der Waals surface area (Å²) < 4.78 is 13.2. The van der Waals surface area contributed by atoms with Crippen molar-refractivity contribution in [2.24, 2.45) is 4.99 Å².